The zero-order valence-electron chi connectivity index (χ0n) is 8.92. The van der Waals surface area contributed by atoms with Crippen molar-refractivity contribution in [2.75, 3.05) is 7.11 Å². The molecule has 0 aliphatic heterocycles. The Bertz CT molecular complexity index is 469. The Kier molecular flexibility index (Phi) is 3.12. The fourth-order valence-corrected chi connectivity index (χ4v) is 1.36. The molecular weight excluding hydrogens is 204 g/mol. The average Bonchev–Trinajstić information content (AvgIpc) is 2.39. The third-order valence-electron chi connectivity index (χ3n) is 2.22. The SMILES string of the molecule is COc1ccc(-c2nccc(CO)n2)cc1. The maximum atomic E-state index is 8.98. The second kappa shape index (κ2) is 4.72. The maximum absolute atomic E-state index is 8.98. The predicted octanol–water partition coefficient (Wildman–Crippen LogP) is 1.64. The molecule has 16 heavy (non-hydrogen) atoms. The summed E-state index contributed by atoms with van der Waals surface area (Å²) in [5, 5.41) is 8.98. The fraction of sp³-hybridized carbons (Fsp3) is 0.167. The van der Waals surface area contributed by atoms with Gasteiger partial charge in [-0.3, -0.25) is 0 Å². The third-order valence-corrected chi connectivity index (χ3v) is 2.22. The second-order valence-electron chi connectivity index (χ2n) is 3.26. The molecule has 0 fully saturated rings. The fourth-order valence-electron chi connectivity index (χ4n) is 1.36. The number of hydrogen-bond donors (Lipinski definition) is 1. The molecule has 0 saturated heterocycles. The molecule has 2 rings (SSSR count). The van der Waals surface area contributed by atoms with Crippen LogP contribution in [0.5, 0.6) is 5.75 Å². The van der Waals surface area contributed by atoms with Gasteiger partial charge in [0.05, 0.1) is 19.4 Å². The molecule has 0 aliphatic rings. The average molecular weight is 216 g/mol. The van der Waals surface area contributed by atoms with E-state index in [1.807, 2.05) is 24.3 Å². The molecule has 82 valence electrons. The van der Waals surface area contributed by atoms with Crippen LogP contribution >= 0.6 is 0 Å². The van der Waals surface area contributed by atoms with E-state index in [9.17, 15) is 0 Å². The lowest BCUT2D eigenvalue weighted by atomic mass is 10.2. The van der Waals surface area contributed by atoms with E-state index in [2.05, 4.69) is 9.97 Å². The molecule has 1 N–H and O–H groups in total. The number of nitrogens with zero attached hydrogens (tertiary/aromatic N) is 2. The van der Waals surface area contributed by atoms with Crippen molar-refractivity contribution < 1.29 is 9.84 Å². The Labute approximate surface area is 93.6 Å². The first kappa shape index (κ1) is 10.6. The molecule has 0 saturated carbocycles. The highest BCUT2D eigenvalue weighted by Gasteiger charge is 2.02. The van der Waals surface area contributed by atoms with Gasteiger partial charge in [-0.15, -0.1) is 0 Å². The van der Waals surface area contributed by atoms with Gasteiger partial charge in [0.2, 0.25) is 0 Å². The van der Waals surface area contributed by atoms with Crippen LogP contribution in [-0.4, -0.2) is 22.2 Å². The molecule has 0 amide bonds. The first-order valence-electron chi connectivity index (χ1n) is 4.90. The van der Waals surface area contributed by atoms with E-state index >= 15 is 0 Å². The number of aliphatic hydroxyl groups is 1. The lowest BCUT2D eigenvalue weighted by molar-refractivity contribution is 0.277. The number of benzene rings is 1. The number of hydrogen-bond acceptors (Lipinski definition) is 4. The van der Waals surface area contributed by atoms with Crippen LogP contribution in [0.3, 0.4) is 0 Å². The van der Waals surface area contributed by atoms with Gasteiger partial charge in [-0.1, -0.05) is 0 Å². The minimum absolute atomic E-state index is 0.0777. The zero-order chi connectivity index (χ0) is 11.4. The van der Waals surface area contributed by atoms with Crippen LogP contribution in [0.2, 0.25) is 0 Å². The first-order valence-corrected chi connectivity index (χ1v) is 4.90. The van der Waals surface area contributed by atoms with Crippen molar-refractivity contribution in [3.05, 3.63) is 42.2 Å². The van der Waals surface area contributed by atoms with Gasteiger partial charge in [-0.2, -0.15) is 0 Å². The number of ether oxygens (including phenoxy) is 1. The standard InChI is InChI=1S/C12H12N2O2/c1-16-11-4-2-9(3-5-11)12-13-7-6-10(8-15)14-12/h2-7,15H,8H2,1H3. The predicted molar refractivity (Wildman–Crippen MR) is 59.9 cm³/mol. The number of aromatic nitrogens is 2. The van der Waals surface area contributed by atoms with Gasteiger partial charge in [-0.25, -0.2) is 9.97 Å². The largest absolute Gasteiger partial charge is 0.497 e. The molecular formula is C12H12N2O2. The summed E-state index contributed by atoms with van der Waals surface area (Å²) < 4.78 is 5.07. The number of methoxy groups -OCH3 is 1. The highest BCUT2D eigenvalue weighted by Crippen LogP contribution is 2.18. The Balaban J connectivity index is 2.34. The summed E-state index contributed by atoms with van der Waals surface area (Å²) in [6.07, 6.45) is 1.64. The minimum atomic E-state index is -0.0777. The summed E-state index contributed by atoms with van der Waals surface area (Å²) in [5.74, 6) is 1.40. The van der Waals surface area contributed by atoms with Crippen LogP contribution < -0.4 is 4.74 Å². The smallest absolute Gasteiger partial charge is 0.159 e. The normalized spacial score (nSPS) is 10.1. The van der Waals surface area contributed by atoms with Gasteiger partial charge in [0.15, 0.2) is 5.82 Å². The molecule has 2 aromatic rings. The Hall–Kier alpha value is -1.94. The second-order valence-corrected chi connectivity index (χ2v) is 3.26. The third kappa shape index (κ3) is 2.17. The van der Waals surface area contributed by atoms with Crippen molar-refractivity contribution in [2.45, 2.75) is 6.61 Å². The number of rotatable bonds is 3. The molecule has 0 bridgehead atoms. The summed E-state index contributed by atoms with van der Waals surface area (Å²) in [5.41, 5.74) is 1.51. The minimum Gasteiger partial charge on any atom is -0.497 e. The van der Waals surface area contributed by atoms with Crippen LogP contribution in [0.15, 0.2) is 36.5 Å². The van der Waals surface area contributed by atoms with Crippen molar-refractivity contribution in [1.82, 2.24) is 9.97 Å². The van der Waals surface area contributed by atoms with Gasteiger partial charge in [0.25, 0.3) is 0 Å². The Morgan fingerprint density at radius 1 is 1.19 bits per heavy atom. The molecule has 0 radical (unpaired) electrons. The Morgan fingerprint density at radius 3 is 2.56 bits per heavy atom. The molecule has 0 atom stereocenters. The van der Waals surface area contributed by atoms with Crippen molar-refractivity contribution in [3.63, 3.8) is 0 Å². The van der Waals surface area contributed by atoms with Crippen LogP contribution in [0.4, 0.5) is 0 Å². The summed E-state index contributed by atoms with van der Waals surface area (Å²) in [4.78, 5) is 8.37. The summed E-state index contributed by atoms with van der Waals surface area (Å²) >= 11 is 0. The van der Waals surface area contributed by atoms with Gasteiger partial charge >= 0.3 is 0 Å². The van der Waals surface area contributed by atoms with Crippen LogP contribution in [0.1, 0.15) is 5.69 Å². The first-order chi connectivity index (χ1) is 7.83. The van der Waals surface area contributed by atoms with Gasteiger partial charge in [0, 0.05) is 11.8 Å². The van der Waals surface area contributed by atoms with E-state index in [1.165, 1.54) is 0 Å². The van der Waals surface area contributed by atoms with Crippen LogP contribution in [0, 0.1) is 0 Å². The van der Waals surface area contributed by atoms with E-state index in [1.54, 1.807) is 19.4 Å². The van der Waals surface area contributed by atoms with Crippen molar-refractivity contribution in [3.8, 4) is 17.1 Å². The summed E-state index contributed by atoms with van der Waals surface area (Å²) in [7, 11) is 1.62. The van der Waals surface area contributed by atoms with Crippen LogP contribution in [0.25, 0.3) is 11.4 Å². The molecule has 4 heteroatoms. The molecule has 0 aliphatic carbocycles. The van der Waals surface area contributed by atoms with E-state index < -0.39 is 0 Å². The monoisotopic (exact) mass is 216 g/mol. The summed E-state index contributed by atoms with van der Waals surface area (Å²) in [6, 6.07) is 9.16. The summed E-state index contributed by atoms with van der Waals surface area (Å²) in [6.45, 7) is -0.0777. The Morgan fingerprint density at radius 2 is 1.94 bits per heavy atom. The van der Waals surface area contributed by atoms with E-state index in [-0.39, 0.29) is 6.61 Å². The van der Waals surface area contributed by atoms with Gasteiger partial charge < -0.3 is 9.84 Å². The van der Waals surface area contributed by atoms with Gasteiger partial charge in [-0.05, 0) is 30.3 Å². The quantitative estimate of drug-likeness (QED) is 0.847. The number of aliphatic hydroxyl groups excluding tert-OH is 1. The molecule has 1 heterocycles. The van der Waals surface area contributed by atoms with Crippen molar-refractivity contribution >= 4 is 0 Å². The van der Waals surface area contributed by atoms with E-state index in [0.29, 0.717) is 11.5 Å². The topological polar surface area (TPSA) is 55.2 Å². The highest BCUT2D eigenvalue weighted by molar-refractivity contribution is 5.56. The zero-order valence-corrected chi connectivity index (χ0v) is 8.92. The molecule has 1 aromatic carbocycles. The molecule has 0 spiro atoms. The lowest BCUT2D eigenvalue weighted by Crippen LogP contribution is -1.94. The van der Waals surface area contributed by atoms with Crippen molar-refractivity contribution in [1.29, 1.82) is 0 Å². The molecule has 4 nitrogen and oxygen atoms in total. The van der Waals surface area contributed by atoms with Crippen LogP contribution in [-0.2, 0) is 6.61 Å². The lowest BCUT2D eigenvalue weighted by Gasteiger charge is -2.03. The van der Waals surface area contributed by atoms with Gasteiger partial charge in [0.1, 0.15) is 5.75 Å². The van der Waals surface area contributed by atoms with E-state index in [4.69, 9.17) is 9.84 Å². The maximum Gasteiger partial charge on any atom is 0.159 e. The highest BCUT2D eigenvalue weighted by atomic mass is 16.5. The molecule has 1 aromatic heterocycles. The van der Waals surface area contributed by atoms with Crippen molar-refractivity contribution in [2.24, 2.45) is 0 Å². The van der Waals surface area contributed by atoms with E-state index in [0.717, 1.165) is 11.3 Å². The molecule has 0 unspecified atom stereocenters.